The Bertz CT molecular complexity index is 1020. The first kappa shape index (κ1) is 21.1. The lowest BCUT2D eigenvalue weighted by molar-refractivity contribution is 0.0696. The summed E-state index contributed by atoms with van der Waals surface area (Å²) in [5.74, 6) is 0.0759. The third kappa shape index (κ3) is 4.06. The predicted molar refractivity (Wildman–Crippen MR) is 115 cm³/mol. The van der Waals surface area contributed by atoms with E-state index in [9.17, 15) is 9.59 Å². The molecule has 31 heavy (non-hydrogen) atoms. The summed E-state index contributed by atoms with van der Waals surface area (Å²) >= 11 is 0. The van der Waals surface area contributed by atoms with Crippen molar-refractivity contribution in [1.82, 2.24) is 19.8 Å². The molecule has 1 fully saturated rings. The SMILES string of the molecule is [C-]#[N+]c1ccc([C@@H](CC)NC(=O)c2cc(C(=O)N3CCC[C@@H]3C)c3n2CCOC3)cn1. The highest BCUT2D eigenvalue weighted by molar-refractivity contribution is 6.01. The molecular weight excluding hydrogens is 394 g/mol. The molecule has 0 aromatic carbocycles. The average Bonchev–Trinajstić information content (AvgIpc) is 3.41. The Balaban J connectivity index is 1.60. The van der Waals surface area contributed by atoms with Gasteiger partial charge in [-0.2, -0.15) is 0 Å². The van der Waals surface area contributed by atoms with E-state index in [2.05, 4.69) is 22.1 Å². The van der Waals surface area contributed by atoms with Crippen LogP contribution in [0.25, 0.3) is 4.85 Å². The maximum atomic E-state index is 13.2. The number of fused-ring (bicyclic) bond motifs is 1. The first-order valence-electron chi connectivity index (χ1n) is 10.8. The Morgan fingerprint density at radius 1 is 1.39 bits per heavy atom. The smallest absolute Gasteiger partial charge is 0.269 e. The van der Waals surface area contributed by atoms with Crippen LogP contribution in [0.2, 0.25) is 0 Å². The van der Waals surface area contributed by atoms with E-state index in [1.54, 1.807) is 18.3 Å². The molecule has 162 valence electrons. The van der Waals surface area contributed by atoms with Crippen LogP contribution < -0.4 is 5.32 Å². The number of nitrogens with one attached hydrogen (secondary N) is 1. The molecule has 0 radical (unpaired) electrons. The van der Waals surface area contributed by atoms with Crippen LogP contribution in [0.3, 0.4) is 0 Å². The zero-order valence-corrected chi connectivity index (χ0v) is 17.9. The van der Waals surface area contributed by atoms with Crippen molar-refractivity contribution in [2.45, 2.75) is 58.3 Å². The summed E-state index contributed by atoms with van der Waals surface area (Å²) in [6.45, 7) is 13.2. The van der Waals surface area contributed by atoms with Gasteiger partial charge in [0.05, 0.1) is 30.5 Å². The lowest BCUT2D eigenvalue weighted by Gasteiger charge is -2.23. The van der Waals surface area contributed by atoms with Crippen LogP contribution in [0.1, 0.15) is 71.3 Å². The van der Waals surface area contributed by atoms with Crippen molar-refractivity contribution < 1.29 is 14.3 Å². The van der Waals surface area contributed by atoms with Gasteiger partial charge in [0.15, 0.2) is 0 Å². The van der Waals surface area contributed by atoms with Gasteiger partial charge >= 0.3 is 0 Å². The first-order valence-corrected chi connectivity index (χ1v) is 10.8. The number of likely N-dealkylation sites (tertiary alicyclic amines) is 1. The minimum atomic E-state index is -0.233. The largest absolute Gasteiger partial charge is 0.373 e. The zero-order valence-electron chi connectivity index (χ0n) is 17.9. The van der Waals surface area contributed by atoms with Gasteiger partial charge in [0.2, 0.25) is 0 Å². The first-order chi connectivity index (χ1) is 15.0. The maximum Gasteiger partial charge on any atom is 0.269 e. The van der Waals surface area contributed by atoms with Gasteiger partial charge in [-0.05, 0) is 38.3 Å². The second-order valence-electron chi connectivity index (χ2n) is 8.08. The Morgan fingerprint density at radius 3 is 2.87 bits per heavy atom. The quantitative estimate of drug-likeness (QED) is 0.750. The van der Waals surface area contributed by atoms with Crippen molar-refractivity contribution in [3.8, 4) is 0 Å². The molecule has 2 atom stereocenters. The van der Waals surface area contributed by atoms with Gasteiger partial charge in [-0.1, -0.05) is 19.6 Å². The normalized spacial score (nSPS) is 18.9. The zero-order chi connectivity index (χ0) is 22.0. The highest BCUT2D eigenvalue weighted by Gasteiger charge is 2.32. The monoisotopic (exact) mass is 421 g/mol. The van der Waals surface area contributed by atoms with Crippen molar-refractivity contribution in [2.24, 2.45) is 0 Å². The molecule has 2 amide bonds. The van der Waals surface area contributed by atoms with E-state index in [1.807, 2.05) is 22.5 Å². The standard InChI is InChI=1S/C23H27N5O3/c1-4-18(16-7-8-21(24-3)25-13-16)26-22(29)19-12-17(20-14-31-11-10-28(19)20)23(30)27-9-5-6-15(27)2/h7-8,12-13,15,18H,4-6,9-11,14H2,1-2H3,(H,26,29)/t15-,18+/m0/s1. The van der Waals surface area contributed by atoms with Gasteiger partial charge in [-0.15, -0.1) is 4.98 Å². The van der Waals surface area contributed by atoms with Crippen molar-refractivity contribution in [2.75, 3.05) is 13.2 Å². The summed E-state index contributed by atoms with van der Waals surface area (Å²) < 4.78 is 7.52. The lowest BCUT2D eigenvalue weighted by atomic mass is 10.1. The fraction of sp³-hybridized carbons (Fsp3) is 0.478. The van der Waals surface area contributed by atoms with Crippen LogP contribution >= 0.6 is 0 Å². The topological polar surface area (TPSA) is 80.8 Å². The molecule has 0 unspecified atom stereocenters. The van der Waals surface area contributed by atoms with Crippen LogP contribution in [0.15, 0.2) is 24.4 Å². The minimum absolute atomic E-state index is 0.0238. The number of carbonyl (C=O) groups is 2. The summed E-state index contributed by atoms with van der Waals surface area (Å²) in [6, 6.07) is 5.17. The van der Waals surface area contributed by atoms with E-state index in [0.717, 1.165) is 30.6 Å². The number of rotatable bonds is 5. The second kappa shape index (κ2) is 8.90. The van der Waals surface area contributed by atoms with Gasteiger partial charge in [-0.25, -0.2) is 0 Å². The third-order valence-corrected chi connectivity index (χ3v) is 6.18. The molecule has 0 saturated carbocycles. The van der Waals surface area contributed by atoms with E-state index < -0.39 is 0 Å². The fourth-order valence-electron chi connectivity index (χ4n) is 4.41. The molecule has 2 aliphatic heterocycles. The van der Waals surface area contributed by atoms with E-state index in [4.69, 9.17) is 11.3 Å². The van der Waals surface area contributed by atoms with Crippen LogP contribution in [-0.2, 0) is 17.9 Å². The summed E-state index contributed by atoms with van der Waals surface area (Å²) in [5, 5.41) is 3.07. The molecule has 8 heteroatoms. The molecule has 2 aromatic heterocycles. The van der Waals surface area contributed by atoms with Crippen molar-refractivity contribution >= 4 is 17.6 Å². The molecule has 1 saturated heterocycles. The number of carbonyl (C=O) groups excluding carboxylic acids is 2. The Labute approximate surface area is 182 Å². The van der Waals surface area contributed by atoms with Gasteiger partial charge < -0.3 is 24.4 Å². The third-order valence-electron chi connectivity index (χ3n) is 6.18. The fourth-order valence-corrected chi connectivity index (χ4v) is 4.41. The van der Waals surface area contributed by atoms with Crippen molar-refractivity contribution in [3.63, 3.8) is 0 Å². The number of aromatic nitrogens is 2. The molecule has 2 aliphatic rings. The number of amides is 2. The Hall–Kier alpha value is -3.18. The highest BCUT2D eigenvalue weighted by Crippen LogP contribution is 2.27. The van der Waals surface area contributed by atoms with Crippen molar-refractivity contribution in [1.29, 1.82) is 0 Å². The molecule has 0 spiro atoms. The molecule has 0 aliphatic carbocycles. The lowest BCUT2D eigenvalue weighted by Crippen LogP contribution is -2.34. The summed E-state index contributed by atoms with van der Waals surface area (Å²) in [6.07, 6.45) is 4.32. The number of hydrogen-bond donors (Lipinski definition) is 1. The van der Waals surface area contributed by atoms with Crippen LogP contribution in [0.5, 0.6) is 0 Å². The summed E-state index contributed by atoms with van der Waals surface area (Å²) in [7, 11) is 0. The molecule has 4 heterocycles. The molecule has 2 aromatic rings. The predicted octanol–water partition coefficient (Wildman–Crippen LogP) is 3.47. The van der Waals surface area contributed by atoms with Crippen LogP contribution in [0, 0.1) is 6.57 Å². The maximum absolute atomic E-state index is 13.2. The second-order valence-corrected chi connectivity index (χ2v) is 8.08. The van der Waals surface area contributed by atoms with Crippen molar-refractivity contribution in [3.05, 3.63) is 58.3 Å². The molecular formula is C23H27N5O3. The highest BCUT2D eigenvalue weighted by atomic mass is 16.5. The Kier molecular flexibility index (Phi) is 6.05. The number of hydrogen-bond acceptors (Lipinski definition) is 4. The van der Waals surface area contributed by atoms with E-state index in [-0.39, 0.29) is 23.9 Å². The van der Waals surface area contributed by atoms with E-state index in [1.165, 1.54) is 0 Å². The Morgan fingerprint density at radius 2 is 2.23 bits per heavy atom. The number of ether oxygens (including phenoxy) is 1. The molecule has 0 bridgehead atoms. The minimum Gasteiger partial charge on any atom is -0.373 e. The molecule has 4 rings (SSSR count). The van der Waals surface area contributed by atoms with Gasteiger partial charge in [0.25, 0.3) is 17.6 Å². The van der Waals surface area contributed by atoms with E-state index in [0.29, 0.717) is 43.3 Å². The number of pyridine rings is 1. The summed E-state index contributed by atoms with van der Waals surface area (Å²) in [4.78, 5) is 35.8. The summed E-state index contributed by atoms with van der Waals surface area (Å²) in [5.41, 5.74) is 2.67. The molecule has 1 N–H and O–H groups in total. The average molecular weight is 422 g/mol. The number of nitrogens with zero attached hydrogens (tertiary/aromatic N) is 4. The van der Waals surface area contributed by atoms with Gasteiger partial charge in [-0.3, -0.25) is 9.59 Å². The van der Waals surface area contributed by atoms with E-state index >= 15 is 0 Å². The van der Waals surface area contributed by atoms with Crippen LogP contribution in [-0.4, -0.2) is 45.5 Å². The molecule has 8 nitrogen and oxygen atoms in total. The van der Waals surface area contributed by atoms with Gasteiger partial charge in [0.1, 0.15) is 11.9 Å². The van der Waals surface area contributed by atoms with Crippen LogP contribution in [0.4, 0.5) is 5.82 Å². The van der Waals surface area contributed by atoms with Gasteiger partial charge in [0, 0.05) is 24.7 Å².